The fourth-order valence-electron chi connectivity index (χ4n) is 1.17. The van der Waals surface area contributed by atoms with E-state index < -0.39 is 0 Å². The average Bonchev–Trinajstić information content (AvgIpc) is 2.31. The Labute approximate surface area is 94.8 Å². The van der Waals surface area contributed by atoms with Crippen LogP contribution in [0.1, 0.15) is 31.7 Å². The molecule has 84 valence electrons. The highest BCUT2D eigenvalue weighted by Crippen LogP contribution is 2.04. The van der Waals surface area contributed by atoms with Crippen molar-refractivity contribution in [1.29, 1.82) is 0 Å². The second kappa shape index (κ2) is 6.62. The second-order valence-electron chi connectivity index (χ2n) is 3.36. The smallest absolute Gasteiger partial charge is 0.159 e. The van der Waals surface area contributed by atoms with Crippen molar-refractivity contribution in [3.8, 4) is 11.8 Å². The lowest BCUT2D eigenvalue weighted by atomic mass is 10.1. The number of hydrogen-bond acceptors (Lipinski definition) is 2. The maximum Gasteiger partial charge on any atom is 0.159 e. The van der Waals surface area contributed by atoms with Crippen molar-refractivity contribution in [2.75, 3.05) is 0 Å². The van der Waals surface area contributed by atoms with Gasteiger partial charge in [-0.15, -0.1) is 0 Å². The van der Waals surface area contributed by atoms with Gasteiger partial charge < -0.3 is 5.21 Å². The van der Waals surface area contributed by atoms with Crippen molar-refractivity contribution in [2.24, 2.45) is 5.16 Å². The average molecular weight is 219 g/mol. The van der Waals surface area contributed by atoms with E-state index in [9.17, 15) is 4.39 Å². The molecule has 0 saturated carbocycles. The van der Waals surface area contributed by atoms with Gasteiger partial charge in [-0.2, -0.15) is 0 Å². The molecule has 1 aromatic carbocycles. The first-order valence-corrected chi connectivity index (χ1v) is 5.24. The van der Waals surface area contributed by atoms with Gasteiger partial charge in [0.15, 0.2) is 5.71 Å². The van der Waals surface area contributed by atoms with E-state index >= 15 is 0 Å². The second-order valence-corrected chi connectivity index (χ2v) is 3.36. The van der Waals surface area contributed by atoms with Gasteiger partial charge in [-0.05, 0) is 36.6 Å². The van der Waals surface area contributed by atoms with Crippen LogP contribution in [0.15, 0.2) is 29.4 Å². The Morgan fingerprint density at radius 3 is 2.62 bits per heavy atom. The Hall–Kier alpha value is -1.82. The maximum absolute atomic E-state index is 12.7. The summed E-state index contributed by atoms with van der Waals surface area (Å²) >= 11 is 0. The van der Waals surface area contributed by atoms with Crippen LogP contribution in [0, 0.1) is 17.7 Å². The lowest BCUT2D eigenvalue weighted by Crippen LogP contribution is -1.97. The molecule has 0 aliphatic rings. The van der Waals surface area contributed by atoms with Gasteiger partial charge in [0.1, 0.15) is 5.82 Å². The molecule has 0 aliphatic heterocycles. The van der Waals surface area contributed by atoms with Gasteiger partial charge in [0, 0.05) is 12.0 Å². The summed E-state index contributed by atoms with van der Waals surface area (Å²) in [6.07, 6.45) is 2.88. The molecular formula is C13H14FNO. The van der Waals surface area contributed by atoms with Crippen LogP contribution >= 0.6 is 0 Å². The first-order valence-electron chi connectivity index (χ1n) is 5.24. The molecule has 0 aliphatic carbocycles. The minimum absolute atomic E-state index is 0.274. The minimum Gasteiger partial charge on any atom is -0.410 e. The molecule has 0 amide bonds. The monoisotopic (exact) mass is 219 g/mol. The molecule has 0 saturated heterocycles. The Bertz CT molecular complexity index is 412. The van der Waals surface area contributed by atoms with Crippen LogP contribution in [-0.2, 0) is 0 Å². The highest BCUT2D eigenvalue weighted by Gasteiger charge is 2.00. The number of benzene rings is 1. The van der Waals surface area contributed by atoms with Crippen LogP contribution in [0.2, 0.25) is 0 Å². The van der Waals surface area contributed by atoms with Crippen LogP contribution in [0.4, 0.5) is 4.39 Å². The zero-order valence-electron chi connectivity index (χ0n) is 9.20. The number of oxime groups is 1. The van der Waals surface area contributed by atoms with Crippen molar-refractivity contribution in [1.82, 2.24) is 0 Å². The molecule has 1 N–H and O–H groups in total. The maximum atomic E-state index is 12.7. The predicted molar refractivity (Wildman–Crippen MR) is 62.0 cm³/mol. The Kier molecular flexibility index (Phi) is 5.07. The minimum atomic E-state index is -0.319. The Morgan fingerprint density at radius 2 is 2.06 bits per heavy atom. The molecule has 16 heavy (non-hydrogen) atoms. The molecule has 0 spiro atoms. The molecule has 0 bridgehead atoms. The molecule has 3 heteroatoms. The van der Waals surface area contributed by atoms with Crippen LogP contribution < -0.4 is 0 Å². The highest BCUT2D eigenvalue weighted by atomic mass is 19.1. The zero-order chi connectivity index (χ0) is 11.8. The van der Waals surface area contributed by atoms with Gasteiger partial charge in [0.2, 0.25) is 0 Å². The summed E-state index contributed by atoms with van der Waals surface area (Å²) in [5.74, 6) is 5.36. The number of halogens is 1. The number of nitrogens with zero attached hydrogens (tertiary/aromatic N) is 1. The molecule has 0 heterocycles. The van der Waals surface area contributed by atoms with E-state index in [1.807, 2.05) is 0 Å². The van der Waals surface area contributed by atoms with Crippen LogP contribution in [-0.4, -0.2) is 10.9 Å². The fraction of sp³-hybridized carbons (Fsp3) is 0.308. The SMILES string of the molecule is CCCCC#C/C(=N\O)c1ccc(F)cc1. The summed E-state index contributed by atoms with van der Waals surface area (Å²) < 4.78 is 12.7. The molecule has 0 unspecified atom stereocenters. The van der Waals surface area contributed by atoms with Crippen LogP contribution in [0.25, 0.3) is 0 Å². The summed E-state index contributed by atoms with van der Waals surface area (Å²) in [6, 6.07) is 5.71. The molecular weight excluding hydrogens is 205 g/mol. The van der Waals surface area contributed by atoms with Gasteiger partial charge in [-0.3, -0.25) is 0 Å². The summed E-state index contributed by atoms with van der Waals surface area (Å²) in [4.78, 5) is 0. The lowest BCUT2D eigenvalue weighted by molar-refractivity contribution is 0.320. The third-order valence-corrected chi connectivity index (χ3v) is 2.08. The predicted octanol–water partition coefficient (Wildman–Crippen LogP) is 3.20. The van der Waals surface area contributed by atoms with Crippen molar-refractivity contribution in [3.05, 3.63) is 35.6 Å². The van der Waals surface area contributed by atoms with Crippen molar-refractivity contribution in [2.45, 2.75) is 26.2 Å². The normalized spacial score (nSPS) is 10.8. The molecule has 0 fully saturated rings. The number of hydrogen-bond donors (Lipinski definition) is 1. The van der Waals surface area contributed by atoms with Crippen molar-refractivity contribution >= 4 is 5.71 Å². The van der Waals surface area contributed by atoms with Gasteiger partial charge in [-0.25, -0.2) is 4.39 Å². The molecule has 0 radical (unpaired) electrons. The number of rotatable bonds is 3. The fourth-order valence-corrected chi connectivity index (χ4v) is 1.17. The van der Waals surface area contributed by atoms with Gasteiger partial charge in [-0.1, -0.05) is 24.4 Å². The Balaban J connectivity index is 2.74. The third kappa shape index (κ3) is 3.74. The van der Waals surface area contributed by atoms with E-state index in [0.717, 1.165) is 19.3 Å². The Morgan fingerprint density at radius 1 is 1.38 bits per heavy atom. The molecule has 0 aromatic heterocycles. The summed E-state index contributed by atoms with van der Waals surface area (Å²) in [6.45, 7) is 2.09. The van der Waals surface area contributed by atoms with Crippen LogP contribution in [0.5, 0.6) is 0 Å². The van der Waals surface area contributed by atoms with Crippen molar-refractivity contribution in [3.63, 3.8) is 0 Å². The largest absolute Gasteiger partial charge is 0.410 e. The summed E-state index contributed by atoms with van der Waals surface area (Å²) in [5, 5.41) is 11.9. The zero-order valence-corrected chi connectivity index (χ0v) is 9.20. The van der Waals surface area contributed by atoms with Gasteiger partial charge >= 0.3 is 0 Å². The van der Waals surface area contributed by atoms with Crippen molar-refractivity contribution < 1.29 is 9.60 Å². The van der Waals surface area contributed by atoms with E-state index in [1.54, 1.807) is 12.1 Å². The van der Waals surface area contributed by atoms with E-state index in [1.165, 1.54) is 12.1 Å². The van der Waals surface area contributed by atoms with Crippen LogP contribution in [0.3, 0.4) is 0 Å². The highest BCUT2D eigenvalue weighted by molar-refractivity contribution is 6.12. The van der Waals surface area contributed by atoms with E-state index in [0.29, 0.717) is 5.56 Å². The summed E-state index contributed by atoms with van der Waals surface area (Å²) in [5.41, 5.74) is 0.893. The van der Waals surface area contributed by atoms with Gasteiger partial charge in [0.05, 0.1) is 0 Å². The molecule has 1 rings (SSSR count). The van der Waals surface area contributed by atoms with E-state index in [4.69, 9.17) is 5.21 Å². The third-order valence-electron chi connectivity index (χ3n) is 2.08. The molecule has 0 atom stereocenters. The lowest BCUT2D eigenvalue weighted by Gasteiger charge is -1.96. The van der Waals surface area contributed by atoms with Gasteiger partial charge in [0.25, 0.3) is 0 Å². The standard InChI is InChI=1S/C13H14FNO/c1-2-3-4-5-6-13(15-16)11-7-9-12(14)10-8-11/h7-10,16H,2-4H2,1H3/b15-13+. The summed E-state index contributed by atoms with van der Waals surface area (Å²) in [7, 11) is 0. The van der Waals surface area contributed by atoms with E-state index in [-0.39, 0.29) is 11.5 Å². The quantitative estimate of drug-likeness (QED) is 0.273. The topological polar surface area (TPSA) is 32.6 Å². The van der Waals surface area contributed by atoms with E-state index in [2.05, 4.69) is 23.9 Å². The first-order chi connectivity index (χ1) is 7.77. The number of unbranched alkanes of at least 4 members (excludes halogenated alkanes) is 2. The first kappa shape index (κ1) is 12.3. The molecule has 2 nitrogen and oxygen atoms in total. The molecule has 1 aromatic rings.